The van der Waals surface area contributed by atoms with Gasteiger partial charge in [0.1, 0.15) is 18.7 Å². The number of ether oxygens (including phenoxy) is 1. The predicted octanol–water partition coefficient (Wildman–Crippen LogP) is 3.06. The maximum atomic E-state index is 13.3. The Morgan fingerprint density at radius 1 is 1.16 bits per heavy atom. The summed E-state index contributed by atoms with van der Waals surface area (Å²) in [6, 6.07) is 11.1. The standard InChI is InChI=1S/C25H28N4O3/c1-17-4-5-18(24(30)27-19-6-7-19)14-23(17)29-16-26-22-9-8-20(15-21(22)25(29)31)32-13-12-28-10-2-3-11-28/h4-5,8-9,14-16,19H,2-3,6-7,10-13H2,1H3,(H,27,30). The molecule has 0 bridgehead atoms. The third-order valence-electron chi connectivity index (χ3n) is 6.25. The van der Waals surface area contributed by atoms with Gasteiger partial charge >= 0.3 is 0 Å². The number of nitrogens with zero attached hydrogens (tertiary/aromatic N) is 3. The third-order valence-corrected chi connectivity index (χ3v) is 6.25. The molecule has 1 aliphatic carbocycles. The summed E-state index contributed by atoms with van der Waals surface area (Å²) in [5.41, 5.74) is 2.55. The van der Waals surface area contributed by atoms with Crippen LogP contribution in [0.25, 0.3) is 16.6 Å². The summed E-state index contributed by atoms with van der Waals surface area (Å²) in [5, 5.41) is 3.50. The number of aromatic nitrogens is 2. The number of nitrogens with one attached hydrogen (secondary N) is 1. The zero-order valence-electron chi connectivity index (χ0n) is 18.3. The van der Waals surface area contributed by atoms with Crippen molar-refractivity contribution in [2.75, 3.05) is 26.2 Å². The van der Waals surface area contributed by atoms with E-state index >= 15 is 0 Å². The second kappa shape index (κ2) is 8.74. The number of fused-ring (bicyclic) bond motifs is 1. The molecule has 0 spiro atoms. The highest BCUT2D eigenvalue weighted by Crippen LogP contribution is 2.22. The van der Waals surface area contributed by atoms with Crippen LogP contribution in [0.4, 0.5) is 0 Å². The van der Waals surface area contributed by atoms with Crippen LogP contribution in [0.5, 0.6) is 5.75 Å². The van der Waals surface area contributed by atoms with Crippen LogP contribution in [0, 0.1) is 6.92 Å². The smallest absolute Gasteiger partial charge is 0.265 e. The number of likely N-dealkylation sites (tertiary alicyclic amines) is 1. The zero-order chi connectivity index (χ0) is 22.1. The Morgan fingerprint density at radius 3 is 2.75 bits per heavy atom. The van der Waals surface area contributed by atoms with Crippen molar-refractivity contribution in [1.82, 2.24) is 19.8 Å². The topological polar surface area (TPSA) is 76.5 Å². The molecule has 1 N–H and O–H groups in total. The molecule has 166 valence electrons. The van der Waals surface area contributed by atoms with Crippen LogP contribution in [-0.4, -0.2) is 52.6 Å². The van der Waals surface area contributed by atoms with Gasteiger partial charge in [-0.15, -0.1) is 0 Å². The third kappa shape index (κ3) is 4.39. The van der Waals surface area contributed by atoms with E-state index in [0.717, 1.165) is 38.0 Å². The molecule has 2 heterocycles. The molecule has 1 saturated heterocycles. The van der Waals surface area contributed by atoms with Crippen molar-refractivity contribution in [3.05, 3.63) is 64.2 Å². The van der Waals surface area contributed by atoms with Crippen molar-refractivity contribution in [1.29, 1.82) is 0 Å². The van der Waals surface area contributed by atoms with Gasteiger partial charge in [0, 0.05) is 18.2 Å². The molecule has 32 heavy (non-hydrogen) atoms. The fraction of sp³-hybridized carbons (Fsp3) is 0.400. The largest absolute Gasteiger partial charge is 0.492 e. The van der Waals surface area contributed by atoms with Gasteiger partial charge in [0.15, 0.2) is 0 Å². The Labute approximate surface area is 187 Å². The average molecular weight is 433 g/mol. The van der Waals surface area contributed by atoms with Gasteiger partial charge in [0.05, 0.1) is 16.6 Å². The molecule has 1 amide bonds. The predicted molar refractivity (Wildman–Crippen MR) is 124 cm³/mol. The Bertz CT molecular complexity index is 1210. The van der Waals surface area contributed by atoms with E-state index in [4.69, 9.17) is 4.74 Å². The normalized spacial score (nSPS) is 16.4. The number of amides is 1. The number of hydrogen-bond donors (Lipinski definition) is 1. The molecule has 2 aliphatic rings. The Morgan fingerprint density at radius 2 is 1.97 bits per heavy atom. The van der Waals surface area contributed by atoms with E-state index in [0.29, 0.717) is 34.5 Å². The first-order valence-electron chi connectivity index (χ1n) is 11.4. The van der Waals surface area contributed by atoms with E-state index in [1.165, 1.54) is 23.7 Å². The molecule has 2 fully saturated rings. The minimum atomic E-state index is -0.178. The molecule has 0 radical (unpaired) electrons. The first kappa shape index (κ1) is 20.7. The summed E-state index contributed by atoms with van der Waals surface area (Å²) in [4.78, 5) is 32.7. The van der Waals surface area contributed by atoms with E-state index in [1.54, 1.807) is 18.2 Å². The van der Waals surface area contributed by atoms with E-state index in [-0.39, 0.29) is 17.5 Å². The van der Waals surface area contributed by atoms with Gasteiger partial charge in [-0.2, -0.15) is 0 Å². The van der Waals surface area contributed by atoms with Gasteiger partial charge in [-0.1, -0.05) is 6.07 Å². The number of hydrogen-bond acceptors (Lipinski definition) is 5. The van der Waals surface area contributed by atoms with Crippen LogP contribution in [-0.2, 0) is 0 Å². The molecule has 7 heteroatoms. The van der Waals surface area contributed by atoms with Crippen molar-refractivity contribution in [2.24, 2.45) is 0 Å². The lowest BCUT2D eigenvalue weighted by Crippen LogP contribution is -2.26. The molecule has 5 rings (SSSR count). The summed E-state index contributed by atoms with van der Waals surface area (Å²) in [6.07, 6.45) is 6.10. The number of benzene rings is 2. The maximum absolute atomic E-state index is 13.3. The molecule has 0 atom stereocenters. The van der Waals surface area contributed by atoms with E-state index in [1.807, 2.05) is 25.1 Å². The summed E-state index contributed by atoms with van der Waals surface area (Å²) in [5.74, 6) is 0.562. The SMILES string of the molecule is Cc1ccc(C(=O)NC2CC2)cc1-n1cnc2ccc(OCCN3CCCC3)cc2c1=O. The summed E-state index contributed by atoms with van der Waals surface area (Å²) in [6.45, 7) is 5.67. The number of carbonyl (C=O) groups is 1. The highest BCUT2D eigenvalue weighted by molar-refractivity contribution is 5.95. The lowest BCUT2D eigenvalue weighted by molar-refractivity contribution is 0.0951. The lowest BCUT2D eigenvalue weighted by atomic mass is 10.1. The molecule has 1 saturated carbocycles. The van der Waals surface area contributed by atoms with Crippen molar-refractivity contribution in [2.45, 2.75) is 38.6 Å². The first-order valence-corrected chi connectivity index (χ1v) is 11.4. The second-order valence-corrected chi connectivity index (χ2v) is 8.74. The molecule has 0 unspecified atom stereocenters. The van der Waals surface area contributed by atoms with Crippen LogP contribution in [0.2, 0.25) is 0 Å². The highest BCUT2D eigenvalue weighted by atomic mass is 16.5. The zero-order valence-corrected chi connectivity index (χ0v) is 18.3. The Kier molecular flexibility index (Phi) is 5.66. The minimum Gasteiger partial charge on any atom is -0.492 e. The van der Waals surface area contributed by atoms with Crippen molar-refractivity contribution >= 4 is 16.8 Å². The number of aryl methyl sites for hydroxylation is 1. The average Bonchev–Trinajstić information content (AvgIpc) is 3.46. The Balaban J connectivity index is 1.42. The van der Waals surface area contributed by atoms with Gasteiger partial charge in [0.25, 0.3) is 11.5 Å². The molecule has 7 nitrogen and oxygen atoms in total. The van der Waals surface area contributed by atoms with E-state index < -0.39 is 0 Å². The number of carbonyl (C=O) groups excluding carboxylic acids is 1. The van der Waals surface area contributed by atoms with Crippen LogP contribution in [0.3, 0.4) is 0 Å². The molecule has 3 aromatic rings. The second-order valence-electron chi connectivity index (χ2n) is 8.74. The highest BCUT2D eigenvalue weighted by Gasteiger charge is 2.24. The minimum absolute atomic E-state index is 0.107. The van der Waals surface area contributed by atoms with Gasteiger partial charge in [-0.25, -0.2) is 4.98 Å². The molecule has 2 aromatic carbocycles. The van der Waals surface area contributed by atoms with E-state index in [9.17, 15) is 9.59 Å². The van der Waals surface area contributed by atoms with Crippen molar-refractivity contribution < 1.29 is 9.53 Å². The summed E-state index contributed by atoms with van der Waals surface area (Å²) >= 11 is 0. The first-order chi connectivity index (χ1) is 15.6. The van der Waals surface area contributed by atoms with Gasteiger partial charge in [0.2, 0.25) is 0 Å². The molecule has 1 aliphatic heterocycles. The van der Waals surface area contributed by atoms with Gasteiger partial charge < -0.3 is 10.1 Å². The van der Waals surface area contributed by atoms with E-state index in [2.05, 4.69) is 15.2 Å². The molecule has 1 aromatic heterocycles. The fourth-order valence-electron chi connectivity index (χ4n) is 4.17. The molecular weight excluding hydrogens is 404 g/mol. The monoisotopic (exact) mass is 432 g/mol. The van der Waals surface area contributed by atoms with Crippen LogP contribution < -0.4 is 15.6 Å². The van der Waals surface area contributed by atoms with Crippen molar-refractivity contribution in [3.63, 3.8) is 0 Å². The van der Waals surface area contributed by atoms with Crippen LogP contribution >= 0.6 is 0 Å². The lowest BCUT2D eigenvalue weighted by Gasteiger charge is -2.15. The van der Waals surface area contributed by atoms with Crippen LogP contribution in [0.1, 0.15) is 41.6 Å². The summed E-state index contributed by atoms with van der Waals surface area (Å²) < 4.78 is 7.44. The van der Waals surface area contributed by atoms with Crippen LogP contribution in [0.15, 0.2) is 47.5 Å². The quantitative estimate of drug-likeness (QED) is 0.621. The maximum Gasteiger partial charge on any atom is 0.265 e. The van der Waals surface area contributed by atoms with Crippen molar-refractivity contribution in [3.8, 4) is 11.4 Å². The number of rotatable bonds is 7. The molecular formula is C25H28N4O3. The summed E-state index contributed by atoms with van der Waals surface area (Å²) in [7, 11) is 0. The van der Waals surface area contributed by atoms with Gasteiger partial charge in [-0.3, -0.25) is 19.1 Å². The van der Waals surface area contributed by atoms with Gasteiger partial charge in [-0.05, 0) is 81.6 Å². The fourth-order valence-corrected chi connectivity index (χ4v) is 4.17. The Hall–Kier alpha value is -3.19.